The van der Waals surface area contributed by atoms with Gasteiger partial charge in [-0.3, -0.25) is 4.79 Å². The standard InChI is InChI=1S/C29H34O4/c1-5-22-19-24(9-13-27(22)23-7-10-26(11-8-23)32-17-15-30)28-12-6-21(4)18-25(28)14-16-33-29(31)20(2)3/h6-13,18-20,30H,5,14-17H2,1-4H3. The van der Waals surface area contributed by atoms with Crippen LogP contribution in [0.4, 0.5) is 0 Å². The Balaban J connectivity index is 1.86. The van der Waals surface area contributed by atoms with Crippen molar-refractivity contribution in [2.75, 3.05) is 19.8 Å². The predicted octanol–water partition coefficient (Wildman–Crippen LogP) is 6.00. The second-order valence-corrected chi connectivity index (χ2v) is 8.55. The van der Waals surface area contributed by atoms with E-state index in [0.717, 1.165) is 17.7 Å². The highest BCUT2D eigenvalue weighted by atomic mass is 16.5. The average Bonchev–Trinajstić information content (AvgIpc) is 2.82. The molecule has 0 aromatic heterocycles. The van der Waals surface area contributed by atoms with Crippen molar-refractivity contribution in [2.24, 2.45) is 5.92 Å². The van der Waals surface area contributed by atoms with Crippen LogP contribution in [0.3, 0.4) is 0 Å². The van der Waals surface area contributed by atoms with Crippen molar-refractivity contribution in [3.63, 3.8) is 0 Å². The lowest BCUT2D eigenvalue weighted by Gasteiger charge is -2.15. The number of ether oxygens (including phenoxy) is 2. The van der Waals surface area contributed by atoms with E-state index in [4.69, 9.17) is 14.6 Å². The molecule has 1 N–H and O–H groups in total. The van der Waals surface area contributed by atoms with E-state index >= 15 is 0 Å². The van der Waals surface area contributed by atoms with E-state index in [-0.39, 0.29) is 18.5 Å². The van der Waals surface area contributed by atoms with Gasteiger partial charge >= 0.3 is 5.97 Å². The zero-order chi connectivity index (χ0) is 23.8. The zero-order valence-corrected chi connectivity index (χ0v) is 20.1. The molecular weight excluding hydrogens is 412 g/mol. The molecule has 3 aromatic rings. The van der Waals surface area contributed by atoms with Gasteiger partial charge in [0.25, 0.3) is 0 Å². The van der Waals surface area contributed by atoms with Crippen molar-refractivity contribution >= 4 is 5.97 Å². The molecule has 4 heteroatoms. The molecule has 0 radical (unpaired) electrons. The molecule has 0 atom stereocenters. The summed E-state index contributed by atoms with van der Waals surface area (Å²) in [6, 6.07) is 21.1. The van der Waals surface area contributed by atoms with Crippen molar-refractivity contribution in [3.05, 3.63) is 77.4 Å². The van der Waals surface area contributed by atoms with Gasteiger partial charge in [0, 0.05) is 6.42 Å². The van der Waals surface area contributed by atoms with Crippen molar-refractivity contribution < 1.29 is 19.4 Å². The molecule has 0 heterocycles. The highest BCUT2D eigenvalue weighted by molar-refractivity contribution is 5.76. The number of hydrogen-bond donors (Lipinski definition) is 1. The molecule has 0 saturated heterocycles. The summed E-state index contributed by atoms with van der Waals surface area (Å²) in [5, 5.41) is 8.93. The fourth-order valence-electron chi connectivity index (χ4n) is 3.87. The molecule has 0 aliphatic carbocycles. The minimum Gasteiger partial charge on any atom is -0.491 e. The van der Waals surface area contributed by atoms with Gasteiger partial charge in [0.1, 0.15) is 12.4 Å². The summed E-state index contributed by atoms with van der Waals surface area (Å²) in [6.45, 7) is 8.64. The maximum Gasteiger partial charge on any atom is 0.308 e. The molecule has 3 rings (SSSR count). The van der Waals surface area contributed by atoms with Gasteiger partial charge < -0.3 is 14.6 Å². The summed E-state index contributed by atoms with van der Waals surface area (Å²) in [6.07, 6.45) is 1.60. The van der Waals surface area contributed by atoms with E-state index in [2.05, 4.69) is 62.4 Å². The molecule has 0 spiro atoms. The summed E-state index contributed by atoms with van der Waals surface area (Å²) in [7, 11) is 0. The maximum absolute atomic E-state index is 11.8. The maximum atomic E-state index is 11.8. The van der Waals surface area contributed by atoms with Crippen LogP contribution < -0.4 is 4.74 Å². The van der Waals surface area contributed by atoms with E-state index in [1.54, 1.807) is 0 Å². The molecule has 4 nitrogen and oxygen atoms in total. The Labute approximate surface area is 197 Å². The number of rotatable bonds is 10. The summed E-state index contributed by atoms with van der Waals surface area (Å²) < 4.78 is 10.9. The number of aryl methyl sites for hydroxylation is 2. The zero-order valence-electron chi connectivity index (χ0n) is 20.1. The smallest absolute Gasteiger partial charge is 0.308 e. The SMILES string of the molecule is CCc1cc(-c2ccc(C)cc2CCOC(=O)C(C)C)ccc1-c1ccc(OCCO)cc1. The Morgan fingerprint density at radius 2 is 1.55 bits per heavy atom. The Hall–Kier alpha value is -3.11. The monoisotopic (exact) mass is 446 g/mol. The summed E-state index contributed by atoms with van der Waals surface area (Å²) in [5.41, 5.74) is 8.34. The Morgan fingerprint density at radius 1 is 0.879 bits per heavy atom. The quantitative estimate of drug-likeness (QED) is 0.388. The van der Waals surface area contributed by atoms with Crippen LogP contribution in [-0.2, 0) is 22.4 Å². The number of carbonyl (C=O) groups is 1. The van der Waals surface area contributed by atoms with E-state index in [9.17, 15) is 4.79 Å². The van der Waals surface area contributed by atoms with Crippen molar-refractivity contribution in [2.45, 2.75) is 40.5 Å². The summed E-state index contributed by atoms with van der Waals surface area (Å²) in [4.78, 5) is 11.8. The van der Waals surface area contributed by atoms with E-state index in [1.165, 1.54) is 33.4 Å². The third-order valence-electron chi connectivity index (χ3n) is 5.67. The molecular formula is C29H34O4. The van der Waals surface area contributed by atoms with Gasteiger partial charge in [-0.05, 0) is 58.9 Å². The first kappa shape index (κ1) is 24.5. The summed E-state index contributed by atoms with van der Waals surface area (Å²) in [5.74, 6) is 0.483. The number of aliphatic hydroxyl groups excluding tert-OH is 1. The molecule has 0 bridgehead atoms. The molecule has 3 aromatic carbocycles. The summed E-state index contributed by atoms with van der Waals surface area (Å²) >= 11 is 0. The third kappa shape index (κ3) is 6.45. The highest BCUT2D eigenvalue weighted by Crippen LogP contribution is 2.32. The molecule has 0 saturated carbocycles. The first-order chi connectivity index (χ1) is 15.9. The van der Waals surface area contributed by atoms with Crippen LogP contribution >= 0.6 is 0 Å². The molecule has 0 unspecified atom stereocenters. The van der Waals surface area contributed by atoms with Gasteiger partial charge in [-0.25, -0.2) is 0 Å². The molecule has 0 aliphatic rings. The molecule has 0 amide bonds. The third-order valence-corrected chi connectivity index (χ3v) is 5.67. The minimum absolute atomic E-state index is 0.00432. The van der Waals surface area contributed by atoms with Gasteiger partial charge in [0.05, 0.1) is 19.1 Å². The predicted molar refractivity (Wildman–Crippen MR) is 134 cm³/mol. The normalized spacial score (nSPS) is 11.0. The van der Waals surface area contributed by atoms with Gasteiger partial charge in [-0.1, -0.05) is 74.9 Å². The van der Waals surface area contributed by atoms with E-state index in [1.807, 2.05) is 26.0 Å². The average molecular weight is 447 g/mol. The van der Waals surface area contributed by atoms with Crippen molar-refractivity contribution in [1.82, 2.24) is 0 Å². The molecule has 0 aliphatic heterocycles. The van der Waals surface area contributed by atoms with Crippen LogP contribution in [0.15, 0.2) is 60.7 Å². The largest absolute Gasteiger partial charge is 0.491 e. The first-order valence-electron chi connectivity index (χ1n) is 11.7. The van der Waals surface area contributed by atoms with Gasteiger partial charge in [0.15, 0.2) is 0 Å². The van der Waals surface area contributed by atoms with Crippen molar-refractivity contribution in [1.29, 1.82) is 0 Å². The van der Waals surface area contributed by atoms with Crippen LogP contribution in [0.25, 0.3) is 22.3 Å². The highest BCUT2D eigenvalue weighted by Gasteiger charge is 2.12. The molecule has 33 heavy (non-hydrogen) atoms. The lowest BCUT2D eigenvalue weighted by Crippen LogP contribution is -2.13. The number of hydrogen-bond acceptors (Lipinski definition) is 4. The van der Waals surface area contributed by atoms with E-state index < -0.39 is 0 Å². The number of benzene rings is 3. The van der Waals surface area contributed by atoms with Crippen LogP contribution in [0.5, 0.6) is 5.75 Å². The Morgan fingerprint density at radius 3 is 2.21 bits per heavy atom. The lowest BCUT2D eigenvalue weighted by molar-refractivity contribution is -0.147. The second-order valence-electron chi connectivity index (χ2n) is 8.55. The minimum atomic E-state index is -0.158. The molecule has 174 valence electrons. The van der Waals surface area contributed by atoms with E-state index in [0.29, 0.717) is 19.6 Å². The van der Waals surface area contributed by atoms with Crippen LogP contribution in [0.2, 0.25) is 0 Å². The van der Waals surface area contributed by atoms with Crippen LogP contribution in [0.1, 0.15) is 37.5 Å². The van der Waals surface area contributed by atoms with Gasteiger partial charge in [0.2, 0.25) is 0 Å². The topological polar surface area (TPSA) is 55.8 Å². The number of carbonyl (C=O) groups excluding carboxylic acids is 1. The van der Waals surface area contributed by atoms with Gasteiger partial charge in [-0.15, -0.1) is 0 Å². The number of aliphatic hydroxyl groups is 1. The second kappa shape index (κ2) is 11.7. The Bertz CT molecular complexity index is 1070. The first-order valence-corrected chi connectivity index (χ1v) is 11.7. The molecule has 0 fully saturated rings. The van der Waals surface area contributed by atoms with Crippen molar-refractivity contribution in [3.8, 4) is 28.0 Å². The lowest BCUT2D eigenvalue weighted by atomic mass is 9.91. The van der Waals surface area contributed by atoms with Crippen LogP contribution in [0, 0.1) is 12.8 Å². The fourth-order valence-corrected chi connectivity index (χ4v) is 3.87. The number of esters is 1. The Kier molecular flexibility index (Phi) is 8.67. The van der Waals surface area contributed by atoms with Gasteiger partial charge in [-0.2, -0.15) is 0 Å². The fraction of sp³-hybridized carbons (Fsp3) is 0.345. The van der Waals surface area contributed by atoms with Crippen LogP contribution in [-0.4, -0.2) is 30.9 Å².